The van der Waals surface area contributed by atoms with E-state index in [1.807, 2.05) is 6.07 Å². The molecule has 11 heavy (non-hydrogen) atoms. The van der Waals surface area contributed by atoms with E-state index in [1.165, 1.54) is 12.5 Å². The Balaban J connectivity index is 0.000000292. The van der Waals surface area contributed by atoms with E-state index in [0.29, 0.717) is 5.69 Å². The minimum Gasteiger partial charge on any atom is -0.483 e. The molecule has 5 nitrogen and oxygen atoms in total. The molecule has 1 heterocycles. The summed E-state index contributed by atoms with van der Waals surface area (Å²) in [7, 11) is 0. The van der Waals surface area contributed by atoms with Crippen molar-refractivity contribution in [1.29, 1.82) is 5.26 Å². The highest BCUT2D eigenvalue weighted by Gasteiger charge is 1.82. The highest BCUT2D eigenvalue weighted by molar-refractivity contribution is 5.32. The Morgan fingerprint density at radius 2 is 2.36 bits per heavy atom. The third kappa shape index (κ3) is 4.54. The number of carbonyl (C=O) groups is 1. The van der Waals surface area contributed by atoms with Gasteiger partial charge in [0.2, 0.25) is 0 Å². The van der Waals surface area contributed by atoms with Gasteiger partial charge in [0, 0.05) is 6.20 Å². The van der Waals surface area contributed by atoms with Gasteiger partial charge in [0.05, 0.1) is 0 Å². The van der Waals surface area contributed by atoms with E-state index in [2.05, 4.69) is 9.97 Å². The Morgan fingerprint density at radius 1 is 1.73 bits per heavy atom. The van der Waals surface area contributed by atoms with Crippen molar-refractivity contribution in [2.75, 3.05) is 0 Å². The molecule has 0 aromatic carbocycles. The van der Waals surface area contributed by atoms with Gasteiger partial charge in [0.1, 0.15) is 18.1 Å². The molecule has 0 aliphatic rings. The average molecular weight is 151 g/mol. The summed E-state index contributed by atoms with van der Waals surface area (Å²) in [5, 5.41) is 15.1. The molecule has 5 heteroatoms. The Morgan fingerprint density at radius 3 is 2.64 bits per heavy atom. The van der Waals surface area contributed by atoms with Crippen LogP contribution in [0.15, 0.2) is 18.6 Å². The van der Waals surface area contributed by atoms with Crippen LogP contribution in [0.4, 0.5) is 0 Å². The van der Waals surface area contributed by atoms with Gasteiger partial charge in [-0.15, -0.1) is 0 Å². The maximum Gasteiger partial charge on any atom is 0.290 e. The van der Waals surface area contributed by atoms with Crippen molar-refractivity contribution in [3.8, 4) is 6.07 Å². The molecule has 1 N–H and O–H groups in total. The zero-order chi connectivity index (χ0) is 8.53. The zero-order valence-electron chi connectivity index (χ0n) is 5.51. The molecule has 0 spiro atoms. The van der Waals surface area contributed by atoms with Crippen LogP contribution in [0.1, 0.15) is 5.69 Å². The molecule has 0 amide bonds. The maximum atomic E-state index is 8.36. The lowest BCUT2D eigenvalue weighted by molar-refractivity contribution is -0.122. The van der Waals surface area contributed by atoms with Gasteiger partial charge in [-0.1, -0.05) is 0 Å². The van der Waals surface area contributed by atoms with Gasteiger partial charge in [0.25, 0.3) is 6.47 Å². The van der Waals surface area contributed by atoms with Crippen molar-refractivity contribution < 1.29 is 9.90 Å². The quantitative estimate of drug-likeness (QED) is 0.529. The SMILES string of the molecule is N#Cc1ccncn1.O=CO. The first-order valence-corrected chi connectivity index (χ1v) is 2.59. The van der Waals surface area contributed by atoms with E-state index in [0.717, 1.165) is 0 Å². The van der Waals surface area contributed by atoms with E-state index in [1.54, 1.807) is 6.07 Å². The number of nitriles is 1. The molecule has 0 bridgehead atoms. The predicted molar refractivity (Wildman–Crippen MR) is 35.4 cm³/mol. The second-order valence-electron chi connectivity index (χ2n) is 1.31. The van der Waals surface area contributed by atoms with Crippen molar-refractivity contribution in [3.05, 3.63) is 24.3 Å². The lowest BCUT2D eigenvalue weighted by Crippen LogP contribution is -1.79. The van der Waals surface area contributed by atoms with E-state index in [-0.39, 0.29) is 6.47 Å². The van der Waals surface area contributed by atoms with Gasteiger partial charge >= 0.3 is 0 Å². The predicted octanol–water partition coefficient (Wildman–Crippen LogP) is 0.0491. The van der Waals surface area contributed by atoms with Crippen molar-refractivity contribution in [2.45, 2.75) is 0 Å². The minimum absolute atomic E-state index is 0.250. The Hall–Kier alpha value is -1.96. The molecule has 0 aliphatic carbocycles. The first kappa shape index (κ1) is 9.04. The fourth-order valence-electron chi connectivity index (χ4n) is 0.357. The summed E-state index contributed by atoms with van der Waals surface area (Å²) in [5.41, 5.74) is 0.403. The van der Waals surface area contributed by atoms with Crippen LogP contribution in [0, 0.1) is 11.3 Å². The van der Waals surface area contributed by atoms with Crippen LogP contribution >= 0.6 is 0 Å². The van der Waals surface area contributed by atoms with Crippen LogP contribution in [-0.2, 0) is 4.79 Å². The molecule has 0 aliphatic heterocycles. The van der Waals surface area contributed by atoms with Gasteiger partial charge in [-0.25, -0.2) is 9.97 Å². The van der Waals surface area contributed by atoms with E-state index < -0.39 is 0 Å². The fraction of sp³-hybridized carbons (Fsp3) is 0. The lowest BCUT2D eigenvalue weighted by Gasteiger charge is -1.79. The molecule has 56 valence electrons. The van der Waals surface area contributed by atoms with Crippen molar-refractivity contribution in [2.24, 2.45) is 0 Å². The number of hydrogen-bond acceptors (Lipinski definition) is 4. The summed E-state index contributed by atoms with van der Waals surface area (Å²) in [6.45, 7) is -0.250. The molecule has 0 saturated heterocycles. The Labute approximate surface area is 63.0 Å². The number of hydrogen-bond donors (Lipinski definition) is 1. The zero-order valence-corrected chi connectivity index (χ0v) is 5.51. The second-order valence-corrected chi connectivity index (χ2v) is 1.31. The monoisotopic (exact) mass is 151 g/mol. The van der Waals surface area contributed by atoms with E-state index in [4.69, 9.17) is 15.2 Å². The third-order valence-electron chi connectivity index (χ3n) is 0.697. The van der Waals surface area contributed by atoms with Gasteiger partial charge in [-0.3, -0.25) is 4.79 Å². The molecule has 1 rings (SSSR count). The van der Waals surface area contributed by atoms with Crippen molar-refractivity contribution in [1.82, 2.24) is 9.97 Å². The van der Waals surface area contributed by atoms with Crippen molar-refractivity contribution >= 4 is 6.47 Å². The van der Waals surface area contributed by atoms with Gasteiger partial charge in [-0.2, -0.15) is 5.26 Å². The maximum absolute atomic E-state index is 8.36. The number of carboxylic acid groups (broad SMARTS) is 1. The summed E-state index contributed by atoms with van der Waals surface area (Å²) >= 11 is 0. The largest absolute Gasteiger partial charge is 0.483 e. The molecule has 0 fully saturated rings. The standard InChI is InChI=1S/C5H3N3.CH2O2/c6-3-5-1-2-7-4-8-5;2-1-3/h1-2,4H;1H,(H,2,3). The number of aromatic nitrogens is 2. The van der Waals surface area contributed by atoms with Crippen LogP contribution in [0.5, 0.6) is 0 Å². The van der Waals surface area contributed by atoms with Crippen LogP contribution in [0.2, 0.25) is 0 Å². The first-order chi connectivity index (χ1) is 5.35. The first-order valence-electron chi connectivity index (χ1n) is 2.59. The summed E-state index contributed by atoms with van der Waals surface area (Å²) in [4.78, 5) is 15.6. The molecule has 0 radical (unpaired) electrons. The van der Waals surface area contributed by atoms with Crippen LogP contribution in [0.3, 0.4) is 0 Å². The van der Waals surface area contributed by atoms with Crippen LogP contribution in [-0.4, -0.2) is 21.5 Å². The summed E-state index contributed by atoms with van der Waals surface area (Å²) in [5.74, 6) is 0. The number of nitrogens with zero attached hydrogens (tertiary/aromatic N) is 3. The summed E-state index contributed by atoms with van der Waals surface area (Å²) < 4.78 is 0. The van der Waals surface area contributed by atoms with Gasteiger partial charge in [-0.05, 0) is 6.07 Å². The number of rotatable bonds is 0. The molecule has 0 saturated carbocycles. The third-order valence-corrected chi connectivity index (χ3v) is 0.697. The van der Waals surface area contributed by atoms with E-state index >= 15 is 0 Å². The topological polar surface area (TPSA) is 86.9 Å². The van der Waals surface area contributed by atoms with Crippen LogP contribution < -0.4 is 0 Å². The van der Waals surface area contributed by atoms with Crippen LogP contribution in [0.25, 0.3) is 0 Å². The molecule has 1 aromatic rings. The Kier molecular flexibility index (Phi) is 5.07. The van der Waals surface area contributed by atoms with Crippen molar-refractivity contribution in [3.63, 3.8) is 0 Å². The van der Waals surface area contributed by atoms with E-state index in [9.17, 15) is 0 Å². The molecule has 0 atom stereocenters. The lowest BCUT2D eigenvalue weighted by atomic mass is 10.5. The highest BCUT2D eigenvalue weighted by Crippen LogP contribution is 1.83. The second kappa shape index (κ2) is 6.16. The van der Waals surface area contributed by atoms with Gasteiger partial charge < -0.3 is 5.11 Å². The van der Waals surface area contributed by atoms with Gasteiger partial charge in [0.15, 0.2) is 0 Å². The summed E-state index contributed by atoms with van der Waals surface area (Å²) in [6, 6.07) is 3.43. The summed E-state index contributed by atoms with van der Waals surface area (Å²) in [6.07, 6.45) is 2.88. The Bertz CT molecular complexity index is 242. The molecular weight excluding hydrogens is 146 g/mol. The minimum atomic E-state index is -0.250. The molecular formula is C6H5N3O2. The average Bonchev–Trinajstić information content (AvgIpc) is 2.08. The molecule has 1 aromatic heterocycles. The smallest absolute Gasteiger partial charge is 0.290 e. The normalized spacial score (nSPS) is 6.82. The highest BCUT2D eigenvalue weighted by atomic mass is 16.3. The molecule has 0 unspecified atom stereocenters. The fourth-order valence-corrected chi connectivity index (χ4v) is 0.357.